The zero-order chi connectivity index (χ0) is 49.0. The summed E-state index contributed by atoms with van der Waals surface area (Å²) in [4.78, 5) is 29.3. The van der Waals surface area contributed by atoms with Gasteiger partial charge in [-0.2, -0.15) is 0 Å². The molecule has 0 aliphatic heterocycles. The normalized spacial score (nSPS) is 10.9. The molecule has 8 aromatic rings. The standard InChI is InChI=1S/C27H22Cl2FN3O3.C23H19Cl2FN4O2/c1-5-18(34)10-15-8-6-7-14(2)25(15)32-27-31-13-17-9-16(11-19(30)26(17)33-27)22-23(28)20(35-3)12-21(36-4)24(22)29;1-11-5-4-6-15(27)21(11)29-23-28-10-13-7-12(8-14(26)22(13)30-23)18-19(24)16(31-2)9-17(32-3)20(18)25/h5-9,11-13H,1,10H2,2-4H3,(H,31,32,33);4-10H,27H2,1-3H3,(H,28,29,30). The van der Waals surface area contributed by atoms with Crippen molar-refractivity contribution in [1.29, 1.82) is 0 Å². The van der Waals surface area contributed by atoms with Crippen LogP contribution in [-0.2, 0) is 11.2 Å². The molecule has 8 rings (SSSR count). The summed E-state index contributed by atoms with van der Waals surface area (Å²) >= 11 is 26.0. The molecule has 0 amide bonds. The first-order valence-electron chi connectivity index (χ1n) is 20.4. The molecule has 0 saturated carbocycles. The lowest BCUT2D eigenvalue weighted by molar-refractivity contribution is -0.114. The van der Waals surface area contributed by atoms with Crippen molar-refractivity contribution in [3.05, 3.63) is 146 Å². The highest BCUT2D eigenvalue weighted by Crippen LogP contribution is 2.48. The number of ketones is 1. The van der Waals surface area contributed by atoms with E-state index in [1.165, 1.54) is 59.0 Å². The predicted molar refractivity (Wildman–Crippen MR) is 268 cm³/mol. The van der Waals surface area contributed by atoms with Gasteiger partial charge in [0.05, 0.1) is 59.9 Å². The van der Waals surface area contributed by atoms with Gasteiger partial charge >= 0.3 is 0 Å². The largest absolute Gasteiger partial charge is 0.495 e. The van der Waals surface area contributed by atoms with Crippen molar-refractivity contribution in [2.75, 3.05) is 44.8 Å². The number of aromatic nitrogens is 4. The first-order chi connectivity index (χ1) is 32.6. The number of para-hydroxylation sites is 2. The smallest absolute Gasteiger partial charge is 0.227 e. The molecule has 68 heavy (non-hydrogen) atoms. The maximum atomic E-state index is 15.3. The number of methoxy groups -OCH3 is 4. The van der Waals surface area contributed by atoms with Crippen LogP contribution in [0.15, 0.2) is 97.8 Å². The minimum absolute atomic E-state index is 0.107. The highest BCUT2D eigenvalue weighted by molar-refractivity contribution is 6.42. The second kappa shape index (κ2) is 20.9. The third-order valence-electron chi connectivity index (χ3n) is 10.7. The second-order valence-corrected chi connectivity index (χ2v) is 16.5. The molecule has 0 aliphatic rings. The third-order valence-corrected chi connectivity index (χ3v) is 12.2. The fourth-order valence-corrected chi connectivity index (χ4v) is 8.73. The number of nitrogens with one attached hydrogen (secondary N) is 2. The maximum absolute atomic E-state index is 15.3. The number of hydrogen-bond donors (Lipinski definition) is 3. The van der Waals surface area contributed by atoms with Crippen LogP contribution in [0.1, 0.15) is 16.7 Å². The van der Waals surface area contributed by atoms with E-state index in [-0.39, 0.29) is 55.2 Å². The first kappa shape index (κ1) is 48.9. The Morgan fingerprint density at radius 1 is 0.647 bits per heavy atom. The topological polar surface area (TPSA) is 156 Å². The highest BCUT2D eigenvalue weighted by atomic mass is 35.5. The summed E-state index contributed by atoms with van der Waals surface area (Å²) in [5, 5.41) is 8.04. The number of carbonyl (C=O) groups is 1. The molecule has 0 spiro atoms. The Morgan fingerprint density at radius 3 is 1.47 bits per heavy atom. The summed E-state index contributed by atoms with van der Waals surface area (Å²) in [5.41, 5.74) is 12.4. The molecule has 348 valence electrons. The summed E-state index contributed by atoms with van der Waals surface area (Å²) in [6.07, 6.45) is 4.47. The molecule has 0 radical (unpaired) electrons. The van der Waals surface area contributed by atoms with E-state index in [0.29, 0.717) is 73.1 Å². The van der Waals surface area contributed by atoms with Crippen LogP contribution in [0.2, 0.25) is 20.1 Å². The van der Waals surface area contributed by atoms with Crippen molar-refractivity contribution < 1.29 is 32.5 Å². The highest BCUT2D eigenvalue weighted by Gasteiger charge is 2.23. The van der Waals surface area contributed by atoms with Crippen LogP contribution in [-0.4, -0.2) is 54.2 Å². The number of benzene rings is 6. The maximum Gasteiger partial charge on any atom is 0.227 e. The molecule has 0 aliphatic carbocycles. The number of nitrogens with two attached hydrogens (primary N) is 1. The van der Waals surface area contributed by atoms with Crippen LogP contribution in [0.4, 0.5) is 37.7 Å². The summed E-state index contributed by atoms with van der Waals surface area (Å²) in [6.45, 7) is 7.33. The molecule has 4 N–H and O–H groups in total. The van der Waals surface area contributed by atoms with Crippen LogP contribution in [0.3, 0.4) is 0 Å². The molecule has 2 heterocycles. The molecule has 0 saturated heterocycles. The van der Waals surface area contributed by atoms with Crippen LogP contribution in [0, 0.1) is 25.5 Å². The van der Waals surface area contributed by atoms with Crippen molar-refractivity contribution in [3.8, 4) is 45.3 Å². The number of rotatable bonds is 13. The molecule has 6 aromatic carbocycles. The number of ether oxygens (including phenoxy) is 4. The van der Waals surface area contributed by atoms with Crippen molar-refractivity contribution in [3.63, 3.8) is 0 Å². The summed E-state index contributed by atoms with van der Waals surface area (Å²) < 4.78 is 51.7. The van der Waals surface area contributed by atoms with Gasteiger partial charge in [0.1, 0.15) is 45.7 Å². The minimum Gasteiger partial charge on any atom is -0.495 e. The van der Waals surface area contributed by atoms with E-state index in [2.05, 4.69) is 37.1 Å². The number of aryl methyl sites for hydroxylation is 2. The number of fused-ring (bicyclic) bond motifs is 2. The Hall–Kier alpha value is -6.97. The van der Waals surface area contributed by atoms with Crippen molar-refractivity contribution in [2.24, 2.45) is 0 Å². The van der Waals surface area contributed by atoms with E-state index in [0.717, 1.165) is 16.7 Å². The van der Waals surface area contributed by atoms with E-state index < -0.39 is 11.6 Å². The quantitative estimate of drug-likeness (QED) is 0.0743. The Balaban J connectivity index is 0.000000203. The van der Waals surface area contributed by atoms with E-state index in [9.17, 15) is 4.79 Å². The average Bonchev–Trinajstić information content (AvgIpc) is 3.32. The molecule has 0 bridgehead atoms. The van der Waals surface area contributed by atoms with Gasteiger partial charge in [-0.3, -0.25) is 4.79 Å². The van der Waals surface area contributed by atoms with Gasteiger partial charge in [0.15, 0.2) is 5.78 Å². The summed E-state index contributed by atoms with van der Waals surface area (Å²) in [6, 6.07) is 20.3. The molecule has 12 nitrogen and oxygen atoms in total. The van der Waals surface area contributed by atoms with Gasteiger partial charge in [-0.05, 0) is 78.1 Å². The fraction of sp³-hybridized carbons (Fsp3) is 0.140. The van der Waals surface area contributed by atoms with Gasteiger partial charge in [0.2, 0.25) is 11.9 Å². The van der Waals surface area contributed by atoms with Gasteiger partial charge in [0, 0.05) is 58.5 Å². The van der Waals surface area contributed by atoms with Crippen molar-refractivity contribution >= 4 is 103 Å². The van der Waals surface area contributed by atoms with Gasteiger partial charge in [-0.15, -0.1) is 0 Å². The van der Waals surface area contributed by atoms with E-state index in [1.54, 1.807) is 30.3 Å². The molecular weight excluding hydrogens is 958 g/mol. The average molecular weight is 1000 g/mol. The molecule has 0 unspecified atom stereocenters. The molecule has 0 fully saturated rings. The lowest BCUT2D eigenvalue weighted by atomic mass is 10.0. The third kappa shape index (κ3) is 9.99. The molecule has 0 atom stereocenters. The predicted octanol–water partition coefficient (Wildman–Crippen LogP) is 13.5. The second-order valence-electron chi connectivity index (χ2n) is 15.0. The summed E-state index contributed by atoms with van der Waals surface area (Å²) in [7, 11) is 5.88. The van der Waals surface area contributed by atoms with Crippen LogP contribution in [0.5, 0.6) is 23.0 Å². The van der Waals surface area contributed by atoms with E-state index in [4.69, 9.17) is 71.1 Å². The van der Waals surface area contributed by atoms with Gasteiger partial charge in [-0.25, -0.2) is 28.7 Å². The minimum atomic E-state index is -0.589. The summed E-state index contributed by atoms with van der Waals surface area (Å²) in [5.74, 6) is 0.544. The number of allylic oxidation sites excluding steroid dienone is 1. The number of carbonyl (C=O) groups excluding carboxylic acids is 1. The van der Waals surface area contributed by atoms with Gasteiger partial charge in [-0.1, -0.05) is 83.3 Å². The van der Waals surface area contributed by atoms with Crippen LogP contribution in [0.25, 0.3) is 44.1 Å². The Kier molecular flexibility index (Phi) is 15.0. The number of hydrogen-bond acceptors (Lipinski definition) is 12. The Morgan fingerprint density at radius 2 is 1.06 bits per heavy atom. The number of nitrogen functional groups attached to an aromatic ring is 1. The lowest BCUT2D eigenvalue weighted by Gasteiger charge is -2.16. The molecular formula is C50H41Cl4F2N7O5. The Labute approximate surface area is 410 Å². The Bertz CT molecular complexity index is 3210. The van der Waals surface area contributed by atoms with Crippen LogP contribution >= 0.6 is 46.4 Å². The molecule has 18 heteroatoms. The van der Waals surface area contributed by atoms with Crippen molar-refractivity contribution in [1.82, 2.24) is 19.9 Å². The number of halogens is 6. The van der Waals surface area contributed by atoms with E-state index in [1.807, 2.05) is 44.2 Å². The zero-order valence-electron chi connectivity index (χ0n) is 37.2. The molecule has 2 aromatic heterocycles. The van der Waals surface area contributed by atoms with E-state index >= 15 is 8.78 Å². The van der Waals surface area contributed by atoms with Crippen molar-refractivity contribution in [2.45, 2.75) is 20.3 Å². The lowest BCUT2D eigenvalue weighted by Crippen LogP contribution is -2.06. The zero-order valence-corrected chi connectivity index (χ0v) is 40.3. The number of anilines is 5. The first-order valence-corrected chi connectivity index (χ1v) is 21.9. The van der Waals surface area contributed by atoms with Crippen LogP contribution < -0.4 is 35.3 Å². The fourth-order valence-electron chi connectivity index (χ4n) is 7.29. The SMILES string of the molecule is C=CC(=O)Cc1cccc(C)c1Nc1ncc2cc(-c3c(Cl)c(OC)cc(OC)c3Cl)cc(F)c2n1.COc1cc(OC)c(Cl)c(-c2cc(F)c3nc(Nc4c(C)cccc4N)ncc3c2)c1Cl. The van der Waals surface area contributed by atoms with Gasteiger partial charge < -0.3 is 35.3 Å². The van der Waals surface area contributed by atoms with Gasteiger partial charge in [0.25, 0.3) is 0 Å². The number of nitrogens with zero attached hydrogens (tertiary/aromatic N) is 4. The monoisotopic (exact) mass is 997 g/mol.